The summed E-state index contributed by atoms with van der Waals surface area (Å²) >= 11 is 3.24. The van der Waals surface area contributed by atoms with Gasteiger partial charge in [-0.2, -0.15) is 0 Å². The number of carbonyl (C=O) groups excluding carboxylic acids is 1. The van der Waals surface area contributed by atoms with Crippen molar-refractivity contribution in [3.63, 3.8) is 0 Å². The molecule has 0 aliphatic carbocycles. The lowest BCUT2D eigenvalue weighted by Gasteiger charge is -2.15. The molecular formula is C11H14BrN3O3. The van der Waals surface area contributed by atoms with Gasteiger partial charge in [-0.1, -0.05) is 15.9 Å². The standard InChI is InChI=1S/C11H14BrN3O3/c1-3-14(2)11(16)7-13-9-6-8(12)4-5-10(9)15(17)18/h4-6,13H,3,7H2,1-2H3. The first-order chi connectivity index (χ1) is 8.45. The van der Waals surface area contributed by atoms with Crippen molar-refractivity contribution in [1.29, 1.82) is 0 Å². The topological polar surface area (TPSA) is 75.5 Å². The first-order valence-corrected chi connectivity index (χ1v) is 6.16. The Morgan fingerprint density at radius 3 is 2.78 bits per heavy atom. The summed E-state index contributed by atoms with van der Waals surface area (Å²) in [5, 5.41) is 13.6. The highest BCUT2D eigenvalue weighted by molar-refractivity contribution is 9.10. The highest BCUT2D eigenvalue weighted by atomic mass is 79.9. The van der Waals surface area contributed by atoms with E-state index in [1.165, 1.54) is 11.0 Å². The molecular weight excluding hydrogens is 302 g/mol. The zero-order valence-electron chi connectivity index (χ0n) is 10.1. The Morgan fingerprint density at radius 1 is 1.56 bits per heavy atom. The third-order valence-corrected chi connectivity index (χ3v) is 2.98. The average molecular weight is 316 g/mol. The Balaban J connectivity index is 2.81. The van der Waals surface area contributed by atoms with Gasteiger partial charge in [-0.15, -0.1) is 0 Å². The van der Waals surface area contributed by atoms with Gasteiger partial charge in [0.05, 0.1) is 11.5 Å². The second-order valence-electron chi connectivity index (χ2n) is 3.68. The van der Waals surface area contributed by atoms with Crippen molar-refractivity contribution in [2.75, 3.05) is 25.5 Å². The Bertz CT molecular complexity index is 465. The minimum atomic E-state index is -0.483. The van der Waals surface area contributed by atoms with Gasteiger partial charge in [0.1, 0.15) is 5.69 Å². The molecule has 0 fully saturated rings. The minimum absolute atomic E-state index is 0.0294. The van der Waals surface area contributed by atoms with Gasteiger partial charge in [0, 0.05) is 24.1 Å². The average Bonchev–Trinajstić information content (AvgIpc) is 2.34. The molecule has 18 heavy (non-hydrogen) atoms. The fourth-order valence-corrected chi connectivity index (χ4v) is 1.65. The summed E-state index contributed by atoms with van der Waals surface area (Å²) in [7, 11) is 1.68. The molecule has 0 unspecified atom stereocenters. The molecule has 1 aromatic rings. The zero-order valence-corrected chi connectivity index (χ0v) is 11.7. The predicted molar refractivity (Wildman–Crippen MR) is 72.6 cm³/mol. The van der Waals surface area contributed by atoms with Gasteiger partial charge in [0.15, 0.2) is 0 Å². The number of rotatable bonds is 5. The summed E-state index contributed by atoms with van der Waals surface area (Å²) in [6.45, 7) is 2.49. The van der Waals surface area contributed by atoms with E-state index < -0.39 is 4.92 Å². The van der Waals surface area contributed by atoms with Crippen molar-refractivity contribution >= 4 is 33.2 Å². The summed E-state index contributed by atoms with van der Waals surface area (Å²) in [4.78, 5) is 23.5. The van der Waals surface area contributed by atoms with Crippen molar-refractivity contribution in [3.05, 3.63) is 32.8 Å². The number of carbonyl (C=O) groups is 1. The summed E-state index contributed by atoms with van der Waals surface area (Å²) in [6.07, 6.45) is 0. The van der Waals surface area contributed by atoms with Crippen molar-refractivity contribution in [2.24, 2.45) is 0 Å². The van der Waals surface area contributed by atoms with Crippen LogP contribution in [0.1, 0.15) is 6.92 Å². The molecule has 98 valence electrons. The number of nitro benzene ring substituents is 1. The lowest BCUT2D eigenvalue weighted by atomic mass is 10.2. The van der Waals surface area contributed by atoms with E-state index in [0.717, 1.165) is 0 Å². The number of hydrogen-bond acceptors (Lipinski definition) is 4. The fourth-order valence-electron chi connectivity index (χ4n) is 1.29. The van der Waals surface area contributed by atoms with Gasteiger partial charge in [0.2, 0.25) is 5.91 Å². The SMILES string of the molecule is CCN(C)C(=O)CNc1cc(Br)ccc1[N+](=O)[O-]. The normalized spacial score (nSPS) is 9.94. The third-order valence-electron chi connectivity index (χ3n) is 2.49. The van der Waals surface area contributed by atoms with Gasteiger partial charge in [-0.3, -0.25) is 14.9 Å². The number of anilines is 1. The van der Waals surface area contributed by atoms with Gasteiger partial charge in [-0.25, -0.2) is 0 Å². The molecule has 0 saturated heterocycles. The zero-order chi connectivity index (χ0) is 13.7. The van der Waals surface area contributed by atoms with Crippen LogP contribution in [-0.2, 0) is 4.79 Å². The highest BCUT2D eigenvalue weighted by Crippen LogP contribution is 2.27. The number of benzene rings is 1. The van der Waals surface area contributed by atoms with E-state index in [-0.39, 0.29) is 18.1 Å². The quantitative estimate of drug-likeness (QED) is 0.668. The Labute approximate surface area is 113 Å². The van der Waals surface area contributed by atoms with Crippen LogP contribution in [0, 0.1) is 10.1 Å². The molecule has 1 amide bonds. The molecule has 1 N–H and O–H groups in total. The number of nitrogens with one attached hydrogen (secondary N) is 1. The van der Waals surface area contributed by atoms with Crippen molar-refractivity contribution < 1.29 is 9.72 Å². The van der Waals surface area contributed by atoms with Crippen LogP contribution in [0.25, 0.3) is 0 Å². The van der Waals surface area contributed by atoms with Crippen LogP contribution in [-0.4, -0.2) is 35.9 Å². The molecule has 1 rings (SSSR count). The van der Waals surface area contributed by atoms with Crippen LogP contribution in [0.5, 0.6) is 0 Å². The number of likely N-dealkylation sites (N-methyl/N-ethyl adjacent to an activating group) is 1. The molecule has 1 aromatic carbocycles. The van der Waals surface area contributed by atoms with Crippen LogP contribution in [0.2, 0.25) is 0 Å². The fraction of sp³-hybridized carbons (Fsp3) is 0.364. The molecule has 7 heteroatoms. The van der Waals surface area contributed by atoms with E-state index in [1.807, 2.05) is 6.92 Å². The van der Waals surface area contributed by atoms with E-state index in [4.69, 9.17) is 0 Å². The molecule has 0 saturated carbocycles. The molecule has 0 heterocycles. The minimum Gasteiger partial charge on any atom is -0.371 e. The van der Waals surface area contributed by atoms with Crippen molar-refractivity contribution in [3.8, 4) is 0 Å². The first kappa shape index (κ1) is 14.4. The van der Waals surface area contributed by atoms with Crippen LogP contribution >= 0.6 is 15.9 Å². The second-order valence-corrected chi connectivity index (χ2v) is 4.60. The Kier molecular flexibility index (Phi) is 5.08. The van der Waals surface area contributed by atoms with Crippen LogP contribution < -0.4 is 5.32 Å². The maximum Gasteiger partial charge on any atom is 0.292 e. The molecule has 0 bridgehead atoms. The van der Waals surface area contributed by atoms with Gasteiger partial charge in [0.25, 0.3) is 5.69 Å². The summed E-state index contributed by atoms with van der Waals surface area (Å²) in [5.74, 6) is -0.119. The molecule has 0 aromatic heterocycles. The van der Waals surface area contributed by atoms with Crippen LogP contribution in [0.3, 0.4) is 0 Å². The summed E-state index contributed by atoms with van der Waals surface area (Å²) in [6, 6.07) is 4.56. The number of amides is 1. The molecule has 0 aliphatic rings. The maximum absolute atomic E-state index is 11.6. The molecule has 0 spiro atoms. The van der Waals surface area contributed by atoms with E-state index in [2.05, 4.69) is 21.2 Å². The summed E-state index contributed by atoms with van der Waals surface area (Å²) in [5.41, 5.74) is 0.275. The molecule has 6 nitrogen and oxygen atoms in total. The predicted octanol–water partition coefficient (Wildman–Crippen LogP) is 2.25. The van der Waals surface area contributed by atoms with Gasteiger partial charge in [-0.05, 0) is 19.1 Å². The number of nitro groups is 1. The monoisotopic (exact) mass is 315 g/mol. The number of hydrogen-bond donors (Lipinski definition) is 1. The van der Waals surface area contributed by atoms with Crippen molar-refractivity contribution in [1.82, 2.24) is 4.90 Å². The summed E-state index contributed by atoms with van der Waals surface area (Å²) < 4.78 is 0.715. The molecule has 0 atom stereocenters. The van der Waals surface area contributed by atoms with E-state index >= 15 is 0 Å². The van der Waals surface area contributed by atoms with E-state index in [1.54, 1.807) is 19.2 Å². The molecule has 0 radical (unpaired) electrons. The Morgan fingerprint density at radius 2 is 2.22 bits per heavy atom. The van der Waals surface area contributed by atoms with Crippen LogP contribution in [0.15, 0.2) is 22.7 Å². The smallest absolute Gasteiger partial charge is 0.292 e. The lowest BCUT2D eigenvalue weighted by molar-refractivity contribution is -0.384. The largest absolute Gasteiger partial charge is 0.371 e. The lowest BCUT2D eigenvalue weighted by Crippen LogP contribution is -2.31. The van der Waals surface area contributed by atoms with E-state index in [9.17, 15) is 14.9 Å². The number of halogens is 1. The Hall–Kier alpha value is -1.63. The van der Waals surface area contributed by atoms with Crippen molar-refractivity contribution in [2.45, 2.75) is 6.92 Å². The first-order valence-electron chi connectivity index (χ1n) is 5.37. The maximum atomic E-state index is 11.6. The van der Waals surface area contributed by atoms with Gasteiger partial charge >= 0.3 is 0 Å². The van der Waals surface area contributed by atoms with Gasteiger partial charge < -0.3 is 10.2 Å². The highest BCUT2D eigenvalue weighted by Gasteiger charge is 2.15. The number of nitrogens with zero attached hydrogens (tertiary/aromatic N) is 2. The third kappa shape index (κ3) is 3.69. The second kappa shape index (κ2) is 6.34. The van der Waals surface area contributed by atoms with E-state index in [0.29, 0.717) is 16.7 Å². The molecule has 0 aliphatic heterocycles. The van der Waals surface area contributed by atoms with Crippen LogP contribution in [0.4, 0.5) is 11.4 Å².